The molecular formula is C19H14FNO4S. The Morgan fingerprint density at radius 1 is 1.12 bits per heavy atom. The van der Waals surface area contributed by atoms with Gasteiger partial charge in [-0.1, -0.05) is 30.3 Å². The molecule has 4 rings (SSSR count). The van der Waals surface area contributed by atoms with Gasteiger partial charge < -0.3 is 4.74 Å². The van der Waals surface area contributed by atoms with Crippen LogP contribution in [-0.4, -0.2) is 21.5 Å². The van der Waals surface area contributed by atoms with Gasteiger partial charge in [0.15, 0.2) is 0 Å². The van der Waals surface area contributed by atoms with Crippen LogP contribution in [0.3, 0.4) is 0 Å². The molecule has 0 saturated carbocycles. The number of hydrogen-bond acceptors (Lipinski definition) is 4. The first-order valence-electron chi connectivity index (χ1n) is 7.84. The van der Waals surface area contributed by atoms with Crippen molar-refractivity contribution in [1.82, 2.24) is 0 Å². The number of ether oxygens (including phenoxy) is 1. The van der Waals surface area contributed by atoms with E-state index < -0.39 is 21.8 Å². The number of hydrogen-bond donors (Lipinski definition) is 0. The maximum Gasteiger partial charge on any atom is 0.338 e. The van der Waals surface area contributed by atoms with Gasteiger partial charge in [-0.2, -0.15) is 0 Å². The van der Waals surface area contributed by atoms with Crippen LogP contribution in [0, 0.1) is 5.82 Å². The molecule has 0 N–H and O–H groups in total. The predicted molar refractivity (Wildman–Crippen MR) is 95.1 cm³/mol. The first kappa shape index (κ1) is 16.5. The molecule has 5 nitrogen and oxygen atoms in total. The first-order chi connectivity index (χ1) is 12.4. The van der Waals surface area contributed by atoms with E-state index in [0.29, 0.717) is 16.6 Å². The molecule has 0 fully saturated rings. The van der Waals surface area contributed by atoms with E-state index in [0.717, 1.165) is 11.5 Å². The Labute approximate surface area is 149 Å². The quantitative estimate of drug-likeness (QED) is 0.662. The molecule has 0 aromatic heterocycles. The summed E-state index contributed by atoms with van der Waals surface area (Å²) in [7, 11) is -2.57. The fraction of sp³-hybridized carbons (Fsp3) is 0.105. The molecule has 0 unspecified atom stereocenters. The van der Waals surface area contributed by atoms with Crippen LogP contribution in [0.25, 0.3) is 10.8 Å². The topological polar surface area (TPSA) is 63.7 Å². The lowest BCUT2D eigenvalue weighted by Crippen LogP contribution is -2.27. The number of halogens is 1. The van der Waals surface area contributed by atoms with Crippen molar-refractivity contribution in [2.75, 3.05) is 11.4 Å². The maximum absolute atomic E-state index is 13.6. The van der Waals surface area contributed by atoms with E-state index in [-0.39, 0.29) is 17.0 Å². The van der Waals surface area contributed by atoms with Gasteiger partial charge in [-0.05, 0) is 35.2 Å². The van der Waals surface area contributed by atoms with E-state index in [1.807, 2.05) is 12.1 Å². The first-order valence-corrected chi connectivity index (χ1v) is 9.29. The Morgan fingerprint density at radius 3 is 2.58 bits per heavy atom. The second-order valence-electron chi connectivity index (χ2n) is 5.94. The van der Waals surface area contributed by atoms with Gasteiger partial charge >= 0.3 is 5.97 Å². The summed E-state index contributed by atoms with van der Waals surface area (Å²) in [6.07, 6.45) is 0. The number of benzene rings is 3. The smallest absolute Gasteiger partial charge is 0.338 e. The fourth-order valence-electron chi connectivity index (χ4n) is 3.27. The molecule has 26 heavy (non-hydrogen) atoms. The van der Waals surface area contributed by atoms with Gasteiger partial charge in [0.05, 0.1) is 29.8 Å². The molecule has 0 saturated heterocycles. The Hall–Kier alpha value is -2.93. The summed E-state index contributed by atoms with van der Waals surface area (Å²) >= 11 is 0. The molecule has 1 aliphatic heterocycles. The van der Waals surface area contributed by atoms with E-state index in [1.165, 1.54) is 23.5 Å². The van der Waals surface area contributed by atoms with E-state index in [1.54, 1.807) is 24.3 Å². The highest BCUT2D eigenvalue weighted by atomic mass is 32.2. The molecule has 1 aliphatic rings. The second kappa shape index (κ2) is 5.81. The number of esters is 1. The number of carbonyl (C=O) groups excluding carboxylic acids is 1. The van der Waals surface area contributed by atoms with Crippen molar-refractivity contribution in [3.8, 4) is 0 Å². The standard InChI is InChI=1S/C19H14FNO4S/c1-25-19(22)15-10-14(20)9-8-13(15)11-21-16-6-2-4-12-5-3-7-17(18(12)16)26(21,23)24/h2-10H,11H2,1H3. The zero-order valence-electron chi connectivity index (χ0n) is 13.8. The van der Waals surface area contributed by atoms with Crippen LogP contribution < -0.4 is 4.31 Å². The van der Waals surface area contributed by atoms with E-state index in [9.17, 15) is 17.6 Å². The Kier molecular flexibility index (Phi) is 3.69. The van der Waals surface area contributed by atoms with Crippen molar-refractivity contribution in [2.45, 2.75) is 11.4 Å². The Morgan fingerprint density at radius 2 is 1.85 bits per heavy atom. The lowest BCUT2D eigenvalue weighted by molar-refractivity contribution is 0.0599. The molecule has 1 heterocycles. The second-order valence-corrected chi connectivity index (χ2v) is 7.77. The highest BCUT2D eigenvalue weighted by Gasteiger charge is 2.36. The zero-order valence-corrected chi connectivity index (χ0v) is 14.6. The van der Waals surface area contributed by atoms with Crippen molar-refractivity contribution >= 4 is 32.5 Å². The lowest BCUT2D eigenvalue weighted by atomic mass is 10.1. The summed E-state index contributed by atoms with van der Waals surface area (Å²) in [6, 6.07) is 14.1. The third-order valence-electron chi connectivity index (χ3n) is 4.47. The molecule has 0 aliphatic carbocycles. The van der Waals surface area contributed by atoms with Gasteiger partial charge in [0, 0.05) is 5.39 Å². The SMILES string of the molecule is COC(=O)c1cc(F)ccc1CN1c2cccc3cccc(c23)S1(=O)=O. The minimum atomic E-state index is -3.77. The molecule has 3 aromatic rings. The lowest BCUT2D eigenvalue weighted by Gasteiger charge is -2.20. The van der Waals surface area contributed by atoms with Gasteiger partial charge in [-0.25, -0.2) is 17.6 Å². The Bertz CT molecular complexity index is 1150. The summed E-state index contributed by atoms with van der Waals surface area (Å²) in [4.78, 5) is 12.2. The fourth-order valence-corrected chi connectivity index (χ4v) is 4.96. The Balaban J connectivity index is 1.87. The zero-order chi connectivity index (χ0) is 18.5. The van der Waals surface area contributed by atoms with Crippen molar-refractivity contribution < 1.29 is 22.3 Å². The molecule has 0 bridgehead atoms. The number of nitrogens with zero attached hydrogens (tertiary/aromatic N) is 1. The average Bonchev–Trinajstić information content (AvgIpc) is 2.86. The van der Waals surface area contributed by atoms with Crippen molar-refractivity contribution in [3.63, 3.8) is 0 Å². The molecule has 0 amide bonds. The van der Waals surface area contributed by atoms with Crippen LogP contribution in [0.2, 0.25) is 0 Å². The van der Waals surface area contributed by atoms with Gasteiger partial charge in [0.2, 0.25) is 0 Å². The normalized spacial score (nSPS) is 14.6. The van der Waals surface area contributed by atoms with Crippen LogP contribution in [0.15, 0.2) is 59.5 Å². The van der Waals surface area contributed by atoms with Gasteiger partial charge in [0.25, 0.3) is 10.0 Å². The molecular weight excluding hydrogens is 357 g/mol. The summed E-state index contributed by atoms with van der Waals surface area (Å²) in [5.74, 6) is -1.31. The van der Waals surface area contributed by atoms with Crippen LogP contribution >= 0.6 is 0 Å². The van der Waals surface area contributed by atoms with Gasteiger partial charge in [0.1, 0.15) is 5.82 Å². The monoisotopic (exact) mass is 371 g/mol. The van der Waals surface area contributed by atoms with Crippen LogP contribution in [0.5, 0.6) is 0 Å². The van der Waals surface area contributed by atoms with E-state index >= 15 is 0 Å². The molecule has 3 aromatic carbocycles. The third-order valence-corrected chi connectivity index (χ3v) is 6.27. The summed E-state index contributed by atoms with van der Waals surface area (Å²) in [6.45, 7) is -0.0964. The van der Waals surface area contributed by atoms with Gasteiger partial charge in [-0.3, -0.25) is 4.31 Å². The largest absolute Gasteiger partial charge is 0.465 e. The van der Waals surface area contributed by atoms with Crippen molar-refractivity contribution in [3.05, 3.63) is 71.5 Å². The minimum Gasteiger partial charge on any atom is -0.465 e. The molecule has 0 radical (unpaired) electrons. The summed E-state index contributed by atoms with van der Waals surface area (Å²) in [5.41, 5.74) is 0.913. The van der Waals surface area contributed by atoms with Crippen LogP contribution in [0.4, 0.5) is 10.1 Å². The molecule has 0 spiro atoms. The highest BCUT2D eigenvalue weighted by Crippen LogP contribution is 2.42. The molecule has 7 heteroatoms. The maximum atomic E-state index is 13.6. The van der Waals surface area contributed by atoms with Crippen LogP contribution in [0.1, 0.15) is 15.9 Å². The minimum absolute atomic E-state index is 0.00540. The number of carbonyl (C=O) groups is 1. The number of anilines is 1. The van der Waals surface area contributed by atoms with E-state index in [4.69, 9.17) is 4.74 Å². The number of methoxy groups -OCH3 is 1. The van der Waals surface area contributed by atoms with Gasteiger partial charge in [-0.15, -0.1) is 0 Å². The van der Waals surface area contributed by atoms with Crippen molar-refractivity contribution in [2.24, 2.45) is 0 Å². The highest BCUT2D eigenvalue weighted by molar-refractivity contribution is 7.93. The van der Waals surface area contributed by atoms with Crippen molar-refractivity contribution in [1.29, 1.82) is 0 Å². The summed E-state index contributed by atoms with van der Waals surface area (Å²) < 4.78 is 45.5. The average molecular weight is 371 g/mol. The number of rotatable bonds is 3. The molecule has 0 atom stereocenters. The van der Waals surface area contributed by atoms with E-state index in [2.05, 4.69) is 0 Å². The summed E-state index contributed by atoms with van der Waals surface area (Å²) in [5, 5.41) is 1.47. The predicted octanol–water partition coefficient (Wildman–Crippen LogP) is 3.47. The van der Waals surface area contributed by atoms with Crippen LogP contribution in [-0.2, 0) is 21.3 Å². The molecule has 132 valence electrons. The third kappa shape index (κ3) is 2.35. The number of sulfonamides is 1.